The molecular weight excluding hydrogens is 346 g/mol. The van der Waals surface area contributed by atoms with E-state index in [4.69, 9.17) is 5.73 Å². The lowest BCUT2D eigenvalue weighted by Gasteiger charge is -2.32. The number of hydrogen-bond donors (Lipinski definition) is 2. The molecule has 1 aliphatic heterocycles. The molecule has 3 aromatic rings. The molecule has 1 unspecified atom stereocenters. The van der Waals surface area contributed by atoms with Gasteiger partial charge in [0.1, 0.15) is 5.82 Å². The van der Waals surface area contributed by atoms with Gasteiger partial charge in [0.15, 0.2) is 5.13 Å². The molecule has 6 nitrogen and oxygen atoms in total. The number of aryl methyl sites for hydroxylation is 1. The maximum absolute atomic E-state index is 12.6. The number of carbonyl (C=O) groups is 1. The van der Waals surface area contributed by atoms with Gasteiger partial charge in [-0.3, -0.25) is 4.79 Å². The summed E-state index contributed by atoms with van der Waals surface area (Å²) < 4.78 is 0. The number of piperidine rings is 1. The minimum Gasteiger partial charge on any atom is -0.375 e. The van der Waals surface area contributed by atoms with Crippen LogP contribution in [-0.4, -0.2) is 38.8 Å². The number of nitrogens with zero attached hydrogens (tertiary/aromatic N) is 3. The topological polar surface area (TPSA) is 87.9 Å². The summed E-state index contributed by atoms with van der Waals surface area (Å²) in [5.41, 5.74) is 8.65. The maximum atomic E-state index is 12.6. The number of aromatic nitrogens is 3. The van der Waals surface area contributed by atoms with Gasteiger partial charge >= 0.3 is 0 Å². The average Bonchev–Trinajstić information content (AvgIpc) is 3.25. The number of likely N-dealkylation sites (tertiary alicyclic amines) is 1. The number of nitrogens with one attached hydrogen (secondary N) is 1. The second-order valence-electron chi connectivity index (χ2n) is 6.93. The number of aromatic amines is 1. The van der Waals surface area contributed by atoms with Crippen LogP contribution >= 0.6 is 11.3 Å². The van der Waals surface area contributed by atoms with E-state index in [1.54, 1.807) is 0 Å². The first-order valence-corrected chi connectivity index (χ1v) is 9.96. The van der Waals surface area contributed by atoms with E-state index in [0.717, 1.165) is 54.9 Å². The smallest absolute Gasteiger partial charge is 0.222 e. The van der Waals surface area contributed by atoms with E-state index < -0.39 is 0 Å². The maximum Gasteiger partial charge on any atom is 0.222 e. The molecule has 1 saturated heterocycles. The van der Waals surface area contributed by atoms with E-state index in [9.17, 15) is 4.79 Å². The molecule has 3 heterocycles. The molecule has 1 aromatic carbocycles. The van der Waals surface area contributed by atoms with Gasteiger partial charge in [0, 0.05) is 31.3 Å². The van der Waals surface area contributed by atoms with Crippen LogP contribution in [-0.2, 0) is 17.6 Å². The number of para-hydroxylation sites is 2. The van der Waals surface area contributed by atoms with Crippen molar-refractivity contribution >= 4 is 33.4 Å². The van der Waals surface area contributed by atoms with Crippen molar-refractivity contribution in [3.8, 4) is 0 Å². The lowest BCUT2D eigenvalue weighted by molar-refractivity contribution is -0.133. The lowest BCUT2D eigenvalue weighted by atomic mass is 9.94. The molecule has 136 valence electrons. The Bertz CT molecular complexity index is 869. The zero-order valence-electron chi connectivity index (χ0n) is 14.6. The number of rotatable bonds is 5. The van der Waals surface area contributed by atoms with Gasteiger partial charge in [-0.05, 0) is 37.3 Å². The molecule has 0 bridgehead atoms. The Morgan fingerprint density at radius 3 is 3.04 bits per heavy atom. The zero-order chi connectivity index (χ0) is 17.9. The van der Waals surface area contributed by atoms with Crippen LogP contribution in [0.5, 0.6) is 0 Å². The number of nitrogen functional groups attached to an aromatic ring is 1. The molecule has 7 heteroatoms. The number of anilines is 1. The molecule has 1 amide bonds. The molecule has 0 spiro atoms. The average molecular weight is 369 g/mol. The lowest BCUT2D eigenvalue weighted by Crippen LogP contribution is -2.40. The molecule has 1 atom stereocenters. The molecule has 1 fully saturated rings. The number of fused-ring (bicyclic) bond motifs is 1. The molecule has 1 aliphatic rings. The molecule has 26 heavy (non-hydrogen) atoms. The normalized spacial score (nSPS) is 17.7. The van der Waals surface area contributed by atoms with Crippen molar-refractivity contribution in [3.63, 3.8) is 0 Å². The van der Waals surface area contributed by atoms with Crippen LogP contribution in [0, 0.1) is 5.92 Å². The van der Waals surface area contributed by atoms with Crippen molar-refractivity contribution < 1.29 is 4.79 Å². The molecule has 4 rings (SSSR count). The number of amides is 1. The van der Waals surface area contributed by atoms with E-state index in [2.05, 4.69) is 15.0 Å². The number of thiazole rings is 1. The first kappa shape index (κ1) is 17.0. The highest BCUT2D eigenvalue weighted by Crippen LogP contribution is 2.22. The fourth-order valence-corrected chi connectivity index (χ4v) is 4.26. The van der Waals surface area contributed by atoms with Crippen LogP contribution in [0.2, 0.25) is 0 Å². The van der Waals surface area contributed by atoms with Gasteiger partial charge in [0.05, 0.1) is 16.7 Å². The Morgan fingerprint density at radius 2 is 2.23 bits per heavy atom. The van der Waals surface area contributed by atoms with Crippen molar-refractivity contribution in [2.75, 3.05) is 18.8 Å². The second-order valence-corrected chi connectivity index (χ2v) is 7.82. The Morgan fingerprint density at radius 1 is 1.35 bits per heavy atom. The predicted octanol–water partition coefficient (Wildman–Crippen LogP) is 3.02. The van der Waals surface area contributed by atoms with Crippen LogP contribution in [0.4, 0.5) is 5.13 Å². The highest BCUT2D eigenvalue weighted by molar-refractivity contribution is 7.13. The minimum absolute atomic E-state index is 0.214. The summed E-state index contributed by atoms with van der Waals surface area (Å²) in [6.45, 7) is 1.67. The molecule has 0 aliphatic carbocycles. The second kappa shape index (κ2) is 7.45. The molecule has 3 N–H and O–H groups in total. The summed E-state index contributed by atoms with van der Waals surface area (Å²) in [6, 6.07) is 8.09. The zero-order valence-corrected chi connectivity index (χ0v) is 15.5. The largest absolute Gasteiger partial charge is 0.375 e. The standard InChI is InChI=1S/C19H23N5OS/c20-19-21-14(12-26-19)7-8-18(25)24-9-3-4-13(11-24)10-17-22-15-5-1-2-6-16(15)23-17/h1-2,5-6,12-13H,3-4,7-11H2,(H2,20,21)(H,22,23). The first-order chi connectivity index (χ1) is 12.7. The summed E-state index contributed by atoms with van der Waals surface area (Å²) in [5, 5.41) is 2.50. The van der Waals surface area contributed by atoms with Gasteiger partial charge in [-0.25, -0.2) is 9.97 Å². The molecule has 2 aromatic heterocycles. The number of H-pyrrole nitrogens is 1. The third-order valence-corrected chi connectivity index (χ3v) is 5.68. The fraction of sp³-hybridized carbons (Fsp3) is 0.421. The third kappa shape index (κ3) is 3.88. The van der Waals surface area contributed by atoms with Crippen molar-refractivity contribution in [3.05, 3.63) is 41.2 Å². The Balaban J connectivity index is 1.33. The van der Waals surface area contributed by atoms with E-state index in [1.165, 1.54) is 11.3 Å². The van der Waals surface area contributed by atoms with Crippen molar-refractivity contribution in [2.24, 2.45) is 5.92 Å². The monoisotopic (exact) mass is 369 g/mol. The minimum atomic E-state index is 0.214. The first-order valence-electron chi connectivity index (χ1n) is 9.08. The highest BCUT2D eigenvalue weighted by Gasteiger charge is 2.24. The quantitative estimate of drug-likeness (QED) is 0.724. The fourth-order valence-electron chi connectivity index (χ4n) is 3.66. The van der Waals surface area contributed by atoms with Gasteiger partial charge in [-0.2, -0.15) is 0 Å². The van der Waals surface area contributed by atoms with Crippen LogP contribution in [0.15, 0.2) is 29.6 Å². The van der Waals surface area contributed by atoms with Gasteiger partial charge < -0.3 is 15.6 Å². The summed E-state index contributed by atoms with van der Waals surface area (Å²) in [4.78, 5) is 26.9. The summed E-state index contributed by atoms with van der Waals surface area (Å²) in [7, 11) is 0. The number of hydrogen-bond acceptors (Lipinski definition) is 5. The van der Waals surface area contributed by atoms with Crippen LogP contribution in [0.3, 0.4) is 0 Å². The summed E-state index contributed by atoms with van der Waals surface area (Å²) >= 11 is 1.43. The van der Waals surface area contributed by atoms with E-state index in [0.29, 0.717) is 23.9 Å². The van der Waals surface area contributed by atoms with Gasteiger partial charge in [-0.1, -0.05) is 12.1 Å². The van der Waals surface area contributed by atoms with Crippen LogP contribution < -0.4 is 5.73 Å². The van der Waals surface area contributed by atoms with Gasteiger partial charge in [-0.15, -0.1) is 11.3 Å². The SMILES string of the molecule is Nc1nc(CCC(=O)N2CCCC(Cc3nc4ccccc4[nH]3)C2)cs1. The number of benzene rings is 1. The Hall–Kier alpha value is -2.41. The van der Waals surface area contributed by atoms with Gasteiger partial charge in [0.25, 0.3) is 0 Å². The van der Waals surface area contributed by atoms with Crippen LogP contribution in [0.25, 0.3) is 11.0 Å². The van der Waals surface area contributed by atoms with Gasteiger partial charge in [0.2, 0.25) is 5.91 Å². The van der Waals surface area contributed by atoms with E-state index in [1.807, 2.05) is 34.5 Å². The van der Waals surface area contributed by atoms with E-state index in [-0.39, 0.29) is 5.91 Å². The Kier molecular flexibility index (Phi) is 4.88. The number of carbonyl (C=O) groups excluding carboxylic acids is 1. The van der Waals surface area contributed by atoms with Crippen molar-refractivity contribution in [1.82, 2.24) is 19.9 Å². The predicted molar refractivity (Wildman–Crippen MR) is 104 cm³/mol. The highest BCUT2D eigenvalue weighted by atomic mass is 32.1. The number of nitrogens with two attached hydrogens (primary N) is 1. The summed E-state index contributed by atoms with van der Waals surface area (Å²) in [6.07, 6.45) is 4.25. The molecule has 0 radical (unpaired) electrons. The number of imidazole rings is 1. The van der Waals surface area contributed by atoms with Crippen LogP contribution in [0.1, 0.15) is 30.8 Å². The van der Waals surface area contributed by atoms with E-state index >= 15 is 0 Å². The molecular formula is C19H23N5OS. The Labute approximate surface area is 156 Å². The van der Waals surface area contributed by atoms with Crippen molar-refractivity contribution in [1.29, 1.82) is 0 Å². The third-order valence-electron chi connectivity index (χ3n) is 4.96. The van der Waals surface area contributed by atoms with Crippen molar-refractivity contribution in [2.45, 2.75) is 32.1 Å². The molecule has 0 saturated carbocycles. The summed E-state index contributed by atoms with van der Waals surface area (Å²) in [5.74, 6) is 1.69.